The quantitative estimate of drug-likeness (QED) is 0.0881. The number of likely N-dealkylation sites (N-methyl/N-ethyl adjacent to an activating group) is 1. The molecule has 0 aromatic rings. The Morgan fingerprint density at radius 2 is 0.758 bits per heavy atom. The van der Waals surface area contributed by atoms with E-state index in [2.05, 4.69) is 49.9 Å². The fourth-order valence-corrected chi connectivity index (χ4v) is 4.55. The highest BCUT2D eigenvalue weighted by Gasteiger charge is 2.05. The second kappa shape index (κ2) is 27.9. The van der Waals surface area contributed by atoms with Gasteiger partial charge >= 0.3 is 0 Å². The molecule has 0 radical (unpaired) electrons. The summed E-state index contributed by atoms with van der Waals surface area (Å²) in [4.78, 5) is 5.07. The molecule has 0 aliphatic rings. The molecule has 0 N–H and O–H groups in total. The molecule has 2 nitrogen and oxygen atoms in total. The topological polar surface area (TPSA) is 6.48 Å². The van der Waals surface area contributed by atoms with E-state index in [1.807, 2.05) is 0 Å². The predicted octanol–water partition coefficient (Wildman–Crippen LogP) is 9.64. The van der Waals surface area contributed by atoms with Crippen LogP contribution in [-0.2, 0) is 0 Å². The van der Waals surface area contributed by atoms with Gasteiger partial charge < -0.3 is 9.80 Å². The zero-order valence-electron chi connectivity index (χ0n) is 23.7. The van der Waals surface area contributed by atoms with Crippen LogP contribution in [0.1, 0.15) is 149 Å². The summed E-state index contributed by atoms with van der Waals surface area (Å²) >= 11 is 0. The molecule has 0 amide bonds. The van der Waals surface area contributed by atoms with E-state index in [1.54, 1.807) is 0 Å². The summed E-state index contributed by atoms with van der Waals surface area (Å²) in [5.74, 6) is 0. The fourth-order valence-electron chi connectivity index (χ4n) is 4.55. The van der Waals surface area contributed by atoms with E-state index in [1.165, 1.54) is 161 Å². The van der Waals surface area contributed by atoms with Crippen molar-refractivity contribution >= 4 is 0 Å². The number of hydrogen-bond donors (Lipinski definition) is 0. The summed E-state index contributed by atoms with van der Waals surface area (Å²) in [5.41, 5.74) is 0. The average molecular weight is 465 g/mol. The van der Waals surface area contributed by atoms with Crippen molar-refractivity contribution in [1.29, 1.82) is 0 Å². The molecule has 33 heavy (non-hydrogen) atoms. The first-order valence-corrected chi connectivity index (χ1v) is 15.2. The van der Waals surface area contributed by atoms with Crippen molar-refractivity contribution in [2.45, 2.75) is 149 Å². The summed E-state index contributed by atoms with van der Waals surface area (Å²) in [5, 5.41) is 0. The minimum atomic E-state index is 1.20. The Bertz CT molecular complexity index is 377. The molecule has 0 saturated heterocycles. The Morgan fingerprint density at radius 3 is 1.15 bits per heavy atom. The van der Waals surface area contributed by atoms with Crippen molar-refractivity contribution in [2.75, 3.05) is 40.3 Å². The van der Waals surface area contributed by atoms with Gasteiger partial charge in [0.15, 0.2) is 0 Å². The molecule has 0 heterocycles. The standard InChI is InChI=1S/C31H64N2/c1-5-7-9-11-13-14-15-16-17-18-19-20-21-23-25-27-29-33(31-30-32(3)4)28-26-24-22-12-10-8-6-2/h16-17H,5-15,18-31H2,1-4H3/b17-16-. The lowest BCUT2D eigenvalue weighted by Crippen LogP contribution is -2.33. The van der Waals surface area contributed by atoms with Crippen molar-refractivity contribution in [3.05, 3.63) is 12.2 Å². The maximum Gasteiger partial charge on any atom is 0.0109 e. The van der Waals surface area contributed by atoms with Crippen molar-refractivity contribution < 1.29 is 0 Å². The third-order valence-corrected chi connectivity index (χ3v) is 6.93. The van der Waals surface area contributed by atoms with E-state index in [0.29, 0.717) is 0 Å². The molecule has 0 spiro atoms. The van der Waals surface area contributed by atoms with E-state index < -0.39 is 0 Å². The summed E-state index contributed by atoms with van der Waals surface area (Å²) in [6.07, 6.45) is 34.4. The Kier molecular flexibility index (Phi) is 27.6. The molecule has 0 atom stereocenters. The van der Waals surface area contributed by atoms with Gasteiger partial charge in [0.2, 0.25) is 0 Å². The van der Waals surface area contributed by atoms with E-state index in [4.69, 9.17) is 0 Å². The van der Waals surface area contributed by atoms with Gasteiger partial charge in [-0.3, -0.25) is 0 Å². The van der Waals surface area contributed by atoms with Crippen LogP contribution in [0.15, 0.2) is 12.2 Å². The number of allylic oxidation sites excluding steroid dienone is 2. The minimum absolute atomic E-state index is 1.20. The van der Waals surface area contributed by atoms with Crippen LogP contribution in [0.2, 0.25) is 0 Å². The highest BCUT2D eigenvalue weighted by atomic mass is 15.2. The van der Waals surface area contributed by atoms with Crippen LogP contribution < -0.4 is 0 Å². The van der Waals surface area contributed by atoms with Crippen LogP contribution in [0.4, 0.5) is 0 Å². The molecule has 0 bridgehead atoms. The number of nitrogens with zero attached hydrogens (tertiary/aromatic N) is 2. The molecule has 0 fully saturated rings. The van der Waals surface area contributed by atoms with Crippen molar-refractivity contribution in [2.24, 2.45) is 0 Å². The van der Waals surface area contributed by atoms with Gasteiger partial charge in [-0.1, -0.05) is 122 Å². The molecular weight excluding hydrogens is 400 g/mol. The number of unbranched alkanes of at least 4 members (excludes halogenated alkanes) is 18. The summed E-state index contributed by atoms with van der Waals surface area (Å²) in [6, 6.07) is 0. The zero-order chi connectivity index (χ0) is 24.2. The van der Waals surface area contributed by atoms with Gasteiger partial charge in [-0.15, -0.1) is 0 Å². The summed E-state index contributed by atoms with van der Waals surface area (Å²) in [6.45, 7) is 9.66. The smallest absolute Gasteiger partial charge is 0.0109 e. The molecule has 198 valence electrons. The second-order valence-electron chi connectivity index (χ2n) is 10.7. The number of hydrogen-bond acceptors (Lipinski definition) is 2. The Labute approximate surface area is 211 Å². The molecular formula is C31H64N2. The Morgan fingerprint density at radius 1 is 0.394 bits per heavy atom. The van der Waals surface area contributed by atoms with Gasteiger partial charge in [0.25, 0.3) is 0 Å². The zero-order valence-corrected chi connectivity index (χ0v) is 23.7. The third kappa shape index (κ3) is 27.8. The first kappa shape index (κ1) is 32.7. The Hall–Kier alpha value is -0.340. The van der Waals surface area contributed by atoms with Crippen LogP contribution in [-0.4, -0.2) is 50.1 Å². The van der Waals surface area contributed by atoms with Gasteiger partial charge in [-0.2, -0.15) is 0 Å². The lowest BCUT2D eigenvalue weighted by molar-refractivity contribution is 0.231. The largest absolute Gasteiger partial charge is 0.308 e. The molecule has 0 aliphatic carbocycles. The lowest BCUT2D eigenvalue weighted by Gasteiger charge is -2.24. The second-order valence-corrected chi connectivity index (χ2v) is 10.7. The maximum atomic E-state index is 2.74. The van der Waals surface area contributed by atoms with E-state index in [-0.39, 0.29) is 0 Å². The molecule has 0 rings (SSSR count). The van der Waals surface area contributed by atoms with Crippen LogP contribution in [0.5, 0.6) is 0 Å². The van der Waals surface area contributed by atoms with Crippen LogP contribution in [0.3, 0.4) is 0 Å². The highest BCUT2D eigenvalue weighted by molar-refractivity contribution is 4.81. The molecule has 0 unspecified atom stereocenters. The maximum absolute atomic E-state index is 2.74. The van der Waals surface area contributed by atoms with E-state index in [0.717, 1.165) is 0 Å². The van der Waals surface area contributed by atoms with Crippen LogP contribution in [0.25, 0.3) is 0 Å². The SMILES string of the molecule is CCCCCCCC/C=C\CCCCCCCCN(CCCCCCCCC)CCN(C)C. The predicted molar refractivity (Wildman–Crippen MR) is 152 cm³/mol. The van der Waals surface area contributed by atoms with Gasteiger partial charge in [0.1, 0.15) is 0 Å². The van der Waals surface area contributed by atoms with Gasteiger partial charge in [-0.05, 0) is 65.7 Å². The van der Waals surface area contributed by atoms with E-state index in [9.17, 15) is 0 Å². The van der Waals surface area contributed by atoms with Gasteiger partial charge in [-0.25, -0.2) is 0 Å². The van der Waals surface area contributed by atoms with Crippen molar-refractivity contribution in [1.82, 2.24) is 9.80 Å². The first-order chi connectivity index (χ1) is 16.2. The van der Waals surface area contributed by atoms with E-state index >= 15 is 0 Å². The van der Waals surface area contributed by atoms with Crippen LogP contribution >= 0.6 is 0 Å². The third-order valence-electron chi connectivity index (χ3n) is 6.93. The minimum Gasteiger partial charge on any atom is -0.308 e. The average Bonchev–Trinajstić information content (AvgIpc) is 2.81. The summed E-state index contributed by atoms with van der Waals surface area (Å²) < 4.78 is 0. The van der Waals surface area contributed by atoms with Crippen LogP contribution in [0, 0.1) is 0 Å². The van der Waals surface area contributed by atoms with Gasteiger partial charge in [0.05, 0.1) is 0 Å². The molecule has 0 saturated carbocycles. The highest BCUT2D eigenvalue weighted by Crippen LogP contribution is 2.11. The monoisotopic (exact) mass is 465 g/mol. The lowest BCUT2D eigenvalue weighted by atomic mass is 10.1. The molecule has 2 heteroatoms. The fraction of sp³-hybridized carbons (Fsp3) is 0.935. The number of rotatable bonds is 27. The van der Waals surface area contributed by atoms with Crippen molar-refractivity contribution in [3.63, 3.8) is 0 Å². The van der Waals surface area contributed by atoms with Crippen molar-refractivity contribution in [3.8, 4) is 0 Å². The normalized spacial score (nSPS) is 12.1. The summed E-state index contributed by atoms with van der Waals surface area (Å²) in [7, 11) is 4.41. The molecule has 0 aromatic heterocycles. The van der Waals surface area contributed by atoms with Gasteiger partial charge in [0, 0.05) is 13.1 Å². The first-order valence-electron chi connectivity index (χ1n) is 15.2. The molecule has 0 aliphatic heterocycles. The Balaban J connectivity index is 3.59. The molecule has 0 aromatic carbocycles.